The number of carbonyl (C=O) groups excluding carboxylic acids is 1. The summed E-state index contributed by atoms with van der Waals surface area (Å²) < 4.78 is 2.01. The second-order valence-corrected chi connectivity index (χ2v) is 4.05. The smallest absolute Gasteiger partial charge is 0.122 e. The first-order valence-electron chi connectivity index (χ1n) is 5.56. The molecule has 2 rings (SSSR count). The maximum Gasteiger partial charge on any atom is 0.122 e. The molecule has 3 heteroatoms. The molecule has 0 bridgehead atoms. The van der Waals surface area contributed by atoms with Crippen molar-refractivity contribution < 1.29 is 4.79 Å². The van der Waals surface area contributed by atoms with Gasteiger partial charge in [-0.2, -0.15) is 0 Å². The lowest BCUT2D eigenvalue weighted by Gasteiger charge is -2.10. The van der Waals surface area contributed by atoms with E-state index in [0.717, 1.165) is 19.3 Å². The topological polar surface area (TPSA) is 34.0 Å². The number of nitrogens with one attached hydrogen (secondary N) is 1. The lowest BCUT2D eigenvalue weighted by Crippen LogP contribution is -2.17. The highest BCUT2D eigenvalue weighted by atomic mass is 16.1. The third kappa shape index (κ3) is 2.24. The molecule has 2 aromatic rings. The van der Waals surface area contributed by atoms with Crippen molar-refractivity contribution in [1.82, 2.24) is 4.68 Å². The van der Waals surface area contributed by atoms with Gasteiger partial charge in [0.05, 0.1) is 5.52 Å². The number of hydrogen-bond acceptors (Lipinski definition) is 2. The Morgan fingerprint density at radius 2 is 2.19 bits per heavy atom. The summed E-state index contributed by atoms with van der Waals surface area (Å²) in [5, 5.41) is 1.22. The molecule has 3 nitrogen and oxygen atoms in total. The van der Waals surface area contributed by atoms with Crippen molar-refractivity contribution in [2.24, 2.45) is 5.92 Å². The molecule has 0 saturated carbocycles. The van der Waals surface area contributed by atoms with Crippen molar-refractivity contribution in [1.29, 1.82) is 0 Å². The molecule has 0 aliphatic heterocycles. The molecular formula is C13H16N2O. The first-order chi connectivity index (χ1) is 7.81. The highest BCUT2D eigenvalue weighted by molar-refractivity contribution is 5.80. The number of nitrogens with zero attached hydrogens (tertiary/aromatic N) is 1. The number of rotatable bonds is 5. The van der Waals surface area contributed by atoms with Gasteiger partial charge in [0.1, 0.15) is 6.29 Å². The van der Waals surface area contributed by atoms with Crippen molar-refractivity contribution in [2.75, 3.05) is 12.0 Å². The molecule has 0 amide bonds. The highest BCUT2D eigenvalue weighted by Crippen LogP contribution is 2.13. The highest BCUT2D eigenvalue weighted by Gasteiger charge is 2.01. The van der Waals surface area contributed by atoms with E-state index in [1.54, 1.807) is 0 Å². The van der Waals surface area contributed by atoms with Gasteiger partial charge in [-0.3, -0.25) is 4.68 Å². The Morgan fingerprint density at radius 1 is 1.38 bits per heavy atom. The molecule has 1 aromatic carbocycles. The summed E-state index contributed by atoms with van der Waals surface area (Å²) >= 11 is 0. The molecule has 1 heterocycles. The molecule has 0 fully saturated rings. The first-order valence-corrected chi connectivity index (χ1v) is 5.56. The minimum Gasteiger partial charge on any atom is -0.326 e. The average molecular weight is 216 g/mol. The van der Waals surface area contributed by atoms with Crippen LogP contribution >= 0.6 is 0 Å². The Bertz CT molecular complexity index is 475. The molecule has 1 atom stereocenters. The van der Waals surface area contributed by atoms with E-state index in [1.165, 1.54) is 10.9 Å². The third-order valence-corrected chi connectivity index (χ3v) is 2.71. The number of carbonyl (C=O) groups is 1. The molecule has 16 heavy (non-hydrogen) atoms. The molecule has 1 aromatic heterocycles. The fraction of sp³-hybridized carbons (Fsp3) is 0.308. The number of hydrogen-bond donors (Lipinski definition) is 1. The Morgan fingerprint density at radius 3 is 3.00 bits per heavy atom. The van der Waals surface area contributed by atoms with Crippen LogP contribution in [0.5, 0.6) is 0 Å². The maximum absolute atomic E-state index is 10.5. The van der Waals surface area contributed by atoms with Crippen LogP contribution < -0.4 is 5.43 Å². The molecule has 84 valence electrons. The molecule has 0 aliphatic carbocycles. The Labute approximate surface area is 95.0 Å². The van der Waals surface area contributed by atoms with Gasteiger partial charge in [-0.15, -0.1) is 0 Å². The fourth-order valence-corrected chi connectivity index (χ4v) is 1.70. The van der Waals surface area contributed by atoms with E-state index >= 15 is 0 Å². The second kappa shape index (κ2) is 4.84. The van der Waals surface area contributed by atoms with Gasteiger partial charge in [-0.1, -0.05) is 25.1 Å². The van der Waals surface area contributed by atoms with Gasteiger partial charge in [0.25, 0.3) is 0 Å². The summed E-state index contributed by atoms with van der Waals surface area (Å²) in [5.41, 5.74) is 4.46. The number of para-hydroxylation sites is 1. The number of benzene rings is 1. The summed E-state index contributed by atoms with van der Waals surface area (Å²) in [5.74, 6) is 0.120. The largest absolute Gasteiger partial charge is 0.326 e. The molecule has 0 aliphatic rings. The summed E-state index contributed by atoms with van der Waals surface area (Å²) in [7, 11) is 0. The van der Waals surface area contributed by atoms with Crippen LogP contribution in [0.2, 0.25) is 0 Å². The van der Waals surface area contributed by atoms with Crippen LogP contribution in [0.1, 0.15) is 13.3 Å². The minimum atomic E-state index is 0.120. The van der Waals surface area contributed by atoms with Gasteiger partial charge in [-0.25, -0.2) is 0 Å². The number of aldehydes is 1. The third-order valence-electron chi connectivity index (χ3n) is 2.71. The first kappa shape index (κ1) is 10.7. The standard InChI is InChI=1S/C13H16N2O/c1-11(10-16)6-8-14-15-9-7-12-4-2-3-5-13(12)15/h2-5,7,9-11,14H,6,8H2,1H3. The van der Waals surface area contributed by atoms with Crippen LogP contribution in [0.15, 0.2) is 36.5 Å². The van der Waals surface area contributed by atoms with E-state index in [2.05, 4.69) is 23.6 Å². The number of aromatic nitrogens is 1. The van der Waals surface area contributed by atoms with Crippen molar-refractivity contribution in [2.45, 2.75) is 13.3 Å². The lowest BCUT2D eigenvalue weighted by atomic mass is 10.1. The van der Waals surface area contributed by atoms with Crippen molar-refractivity contribution >= 4 is 17.2 Å². The normalized spacial score (nSPS) is 12.6. The monoisotopic (exact) mass is 216 g/mol. The lowest BCUT2D eigenvalue weighted by molar-refractivity contribution is -0.110. The zero-order chi connectivity index (χ0) is 11.4. The van der Waals surface area contributed by atoms with Gasteiger partial charge in [-0.05, 0) is 18.6 Å². The fourth-order valence-electron chi connectivity index (χ4n) is 1.70. The van der Waals surface area contributed by atoms with Crippen LogP contribution in [0, 0.1) is 5.92 Å². The summed E-state index contributed by atoms with van der Waals surface area (Å²) in [4.78, 5) is 10.5. The van der Waals surface area contributed by atoms with Gasteiger partial charge in [0.2, 0.25) is 0 Å². The minimum absolute atomic E-state index is 0.120. The molecule has 0 radical (unpaired) electrons. The summed E-state index contributed by atoms with van der Waals surface area (Å²) in [6.45, 7) is 2.74. The van der Waals surface area contributed by atoms with Crippen LogP contribution in [0.4, 0.5) is 0 Å². The molecule has 0 spiro atoms. The number of fused-ring (bicyclic) bond motifs is 1. The summed E-state index contributed by atoms with van der Waals surface area (Å²) in [6, 6.07) is 10.3. The predicted molar refractivity (Wildman–Crippen MR) is 66.0 cm³/mol. The zero-order valence-electron chi connectivity index (χ0n) is 9.39. The van der Waals surface area contributed by atoms with E-state index in [4.69, 9.17) is 0 Å². The Hall–Kier alpha value is -1.77. The van der Waals surface area contributed by atoms with E-state index < -0.39 is 0 Å². The van der Waals surface area contributed by atoms with Crippen LogP contribution in [-0.2, 0) is 4.79 Å². The molecule has 1 unspecified atom stereocenters. The van der Waals surface area contributed by atoms with E-state index in [-0.39, 0.29) is 5.92 Å². The quantitative estimate of drug-likeness (QED) is 0.779. The van der Waals surface area contributed by atoms with Crippen LogP contribution in [0.3, 0.4) is 0 Å². The zero-order valence-corrected chi connectivity index (χ0v) is 9.39. The summed E-state index contributed by atoms with van der Waals surface area (Å²) in [6.07, 6.45) is 3.86. The van der Waals surface area contributed by atoms with Gasteiger partial charge >= 0.3 is 0 Å². The molecule has 1 N–H and O–H groups in total. The maximum atomic E-state index is 10.5. The average Bonchev–Trinajstić information content (AvgIpc) is 2.73. The SMILES string of the molecule is CC(C=O)CCNn1ccc2ccccc21. The molecular weight excluding hydrogens is 200 g/mol. The van der Waals surface area contributed by atoms with Crippen LogP contribution in [0.25, 0.3) is 10.9 Å². The van der Waals surface area contributed by atoms with Gasteiger partial charge < -0.3 is 10.2 Å². The van der Waals surface area contributed by atoms with E-state index in [0.29, 0.717) is 0 Å². The molecule has 0 saturated heterocycles. The van der Waals surface area contributed by atoms with Crippen LogP contribution in [-0.4, -0.2) is 17.5 Å². The van der Waals surface area contributed by atoms with Crippen molar-refractivity contribution in [3.05, 3.63) is 36.5 Å². The van der Waals surface area contributed by atoms with E-state index in [9.17, 15) is 4.79 Å². The Balaban J connectivity index is 2.02. The van der Waals surface area contributed by atoms with Crippen molar-refractivity contribution in [3.8, 4) is 0 Å². The predicted octanol–water partition coefficient (Wildman–Crippen LogP) is 2.41. The van der Waals surface area contributed by atoms with Crippen molar-refractivity contribution in [3.63, 3.8) is 0 Å². The van der Waals surface area contributed by atoms with E-state index in [1.807, 2.05) is 29.9 Å². The van der Waals surface area contributed by atoms with Gasteiger partial charge in [0.15, 0.2) is 0 Å². The second-order valence-electron chi connectivity index (χ2n) is 4.05. The Kier molecular flexibility index (Phi) is 3.25. The van der Waals surface area contributed by atoms with Gasteiger partial charge in [0, 0.05) is 24.0 Å².